The van der Waals surface area contributed by atoms with Gasteiger partial charge < -0.3 is 10.2 Å². The highest BCUT2D eigenvalue weighted by atomic mass is 16.2. The molecule has 1 saturated heterocycles. The van der Waals surface area contributed by atoms with Crippen LogP contribution in [0.5, 0.6) is 0 Å². The summed E-state index contributed by atoms with van der Waals surface area (Å²) in [7, 11) is 2.00. The summed E-state index contributed by atoms with van der Waals surface area (Å²) in [6, 6.07) is 8.48. The second kappa shape index (κ2) is 8.52. The number of carbonyl (C=O) groups is 1. The van der Waals surface area contributed by atoms with Gasteiger partial charge in [-0.15, -0.1) is 0 Å². The number of benzene rings is 1. The van der Waals surface area contributed by atoms with E-state index in [0.717, 1.165) is 64.3 Å². The number of rotatable bonds is 5. The molecule has 190 valence electrons. The first kappa shape index (κ1) is 22.7. The van der Waals surface area contributed by atoms with Crippen LogP contribution in [0.15, 0.2) is 42.9 Å². The molecule has 0 atom stereocenters. The van der Waals surface area contributed by atoms with Gasteiger partial charge in [-0.1, -0.05) is 18.2 Å². The van der Waals surface area contributed by atoms with E-state index >= 15 is 0 Å². The van der Waals surface area contributed by atoms with E-state index in [-0.39, 0.29) is 5.91 Å². The Labute approximate surface area is 216 Å². The maximum Gasteiger partial charge on any atom is 0.219 e. The minimum absolute atomic E-state index is 0.109. The van der Waals surface area contributed by atoms with Crippen molar-refractivity contribution in [2.75, 3.05) is 19.6 Å². The molecule has 1 amide bonds. The molecule has 4 aromatic rings. The quantitative estimate of drug-likeness (QED) is 0.456. The van der Waals surface area contributed by atoms with Crippen LogP contribution in [-0.4, -0.2) is 55.0 Å². The van der Waals surface area contributed by atoms with Crippen LogP contribution in [0.3, 0.4) is 0 Å². The van der Waals surface area contributed by atoms with Crippen LogP contribution in [0.25, 0.3) is 33.3 Å². The third-order valence-corrected chi connectivity index (χ3v) is 8.85. The third-order valence-electron chi connectivity index (χ3n) is 8.85. The highest BCUT2D eigenvalue weighted by Gasteiger charge is 2.47. The number of hydrogen-bond donors (Lipinski definition) is 1. The van der Waals surface area contributed by atoms with Crippen molar-refractivity contribution in [1.82, 2.24) is 34.8 Å². The van der Waals surface area contributed by atoms with Crippen molar-refractivity contribution in [1.29, 1.82) is 0 Å². The van der Waals surface area contributed by atoms with Gasteiger partial charge in [0.15, 0.2) is 0 Å². The molecule has 5 heterocycles. The Morgan fingerprint density at radius 3 is 2.86 bits per heavy atom. The normalized spacial score (nSPS) is 18.6. The molecule has 1 N–H and O–H groups in total. The van der Waals surface area contributed by atoms with Gasteiger partial charge in [0.2, 0.25) is 5.91 Å². The van der Waals surface area contributed by atoms with E-state index in [0.29, 0.717) is 12.0 Å². The molecule has 3 aliphatic rings. The molecular weight excluding hydrogens is 462 g/mol. The molecule has 7 rings (SSSR count). The van der Waals surface area contributed by atoms with Crippen molar-refractivity contribution in [3.63, 3.8) is 0 Å². The van der Waals surface area contributed by atoms with Crippen molar-refractivity contribution in [2.45, 2.75) is 45.7 Å². The number of amides is 1. The van der Waals surface area contributed by atoms with E-state index in [4.69, 9.17) is 10.1 Å². The first-order valence-electron chi connectivity index (χ1n) is 13.4. The number of fused-ring (bicyclic) bond motifs is 2. The zero-order valence-corrected chi connectivity index (χ0v) is 21.6. The van der Waals surface area contributed by atoms with Gasteiger partial charge in [0.25, 0.3) is 0 Å². The fraction of sp³-hybridized carbons (Fsp3) is 0.448. The Kier molecular flexibility index (Phi) is 5.22. The maximum absolute atomic E-state index is 12.1. The maximum atomic E-state index is 12.1. The lowest BCUT2D eigenvalue weighted by molar-refractivity contribution is -0.129. The highest BCUT2D eigenvalue weighted by Crippen LogP contribution is 2.49. The molecule has 1 aliphatic carbocycles. The Morgan fingerprint density at radius 1 is 1.22 bits per heavy atom. The molecule has 1 spiro atoms. The molecule has 3 aromatic heterocycles. The number of aromatic nitrogens is 5. The molecule has 0 bridgehead atoms. The molecule has 2 aliphatic heterocycles. The van der Waals surface area contributed by atoms with Crippen molar-refractivity contribution in [3.05, 3.63) is 54.1 Å². The van der Waals surface area contributed by atoms with Crippen molar-refractivity contribution in [2.24, 2.45) is 18.4 Å². The third kappa shape index (κ3) is 3.85. The molecular formula is C29H33N7O. The van der Waals surface area contributed by atoms with E-state index in [1.54, 1.807) is 6.92 Å². The van der Waals surface area contributed by atoms with Gasteiger partial charge >= 0.3 is 0 Å². The SMILES string of the molecule is CC(=O)N1CCc2c(c(-c3cccc4cc(-c5cnn(CCC6CC7(CNC7)C6)c5)ncc34)nn2C)C1. The number of carbonyl (C=O) groups excluding carboxylic acids is 1. The van der Waals surface area contributed by atoms with Crippen molar-refractivity contribution in [3.8, 4) is 22.5 Å². The zero-order valence-electron chi connectivity index (χ0n) is 21.6. The minimum atomic E-state index is 0.109. The first-order chi connectivity index (χ1) is 18.0. The van der Waals surface area contributed by atoms with Crippen LogP contribution in [0.4, 0.5) is 0 Å². The topological polar surface area (TPSA) is 80.9 Å². The van der Waals surface area contributed by atoms with Gasteiger partial charge in [0.05, 0.1) is 17.6 Å². The Balaban J connectivity index is 1.13. The van der Waals surface area contributed by atoms with Gasteiger partial charge in [-0.3, -0.25) is 19.1 Å². The van der Waals surface area contributed by atoms with E-state index in [9.17, 15) is 4.79 Å². The van der Waals surface area contributed by atoms with Gasteiger partial charge in [-0.25, -0.2) is 0 Å². The van der Waals surface area contributed by atoms with Gasteiger partial charge in [0, 0.05) is 93.3 Å². The van der Waals surface area contributed by atoms with E-state index in [2.05, 4.69) is 45.6 Å². The predicted molar refractivity (Wildman–Crippen MR) is 143 cm³/mol. The van der Waals surface area contributed by atoms with E-state index < -0.39 is 0 Å². The lowest BCUT2D eigenvalue weighted by atomic mass is 9.58. The second-order valence-corrected chi connectivity index (χ2v) is 11.3. The summed E-state index contributed by atoms with van der Waals surface area (Å²) in [6.45, 7) is 6.38. The van der Waals surface area contributed by atoms with Crippen molar-refractivity contribution >= 4 is 16.7 Å². The molecule has 1 saturated carbocycles. The predicted octanol–water partition coefficient (Wildman–Crippen LogP) is 3.79. The van der Waals surface area contributed by atoms with Crippen LogP contribution in [0.1, 0.15) is 37.4 Å². The van der Waals surface area contributed by atoms with Crippen LogP contribution in [0.2, 0.25) is 0 Å². The number of pyridine rings is 1. The minimum Gasteiger partial charge on any atom is -0.338 e. The average Bonchev–Trinajstić information content (AvgIpc) is 3.46. The fourth-order valence-electron chi connectivity index (χ4n) is 6.68. The number of hydrogen-bond acceptors (Lipinski definition) is 5. The molecule has 0 unspecified atom stereocenters. The summed E-state index contributed by atoms with van der Waals surface area (Å²) in [5, 5.41) is 15.1. The summed E-state index contributed by atoms with van der Waals surface area (Å²) in [5.41, 5.74) is 6.99. The van der Waals surface area contributed by atoms with Crippen LogP contribution in [-0.2, 0) is 31.4 Å². The molecule has 0 radical (unpaired) electrons. The number of nitrogens with one attached hydrogen (secondary N) is 1. The molecule has 1 aromatic carbocycles. The average molecular weight is 496 g/mol. The summed E-state index contributed by atoms with van der Waals surface area (Å²) in [5.74, 6) is 0.948. The summed E-state index contributed by atoms with van der Waals surface area (Å²) >= 11 is 0. The molecule has 2 fully saturated rings. The Bertz CT molecular complexity index is 1500. The second-order valence-electron chi connectivity index (χ2n) is 11.3. The Hall–Kier alpha value is -3.52. The summed E-state index contributed by atoms with van der Waals surface area (Å²) in [4.78, 5) is 18.8. The van der Waals surface area contributed by atoms with Gasteiger partial charge in [-0.05, 0) is 42.0 Å². The van der Waals surface area contributed by atoms with Gasteiger partial charge in [0.1, 0.15) is 0 Å². The van der Waals surface area contributed by atoms with Crippen LogP contribution in [0, 0.1) is 11.3 Å². The standard InChI is InChI=1S/C29H33N7O/c1-19(37)35-8-7-27-25(16-35)28(33-34(27)2)23-5-3-4-21-10-26(31-14-24(21)23)22-13-32-36(15-22)9-6-20-11-29(12-20)17-30-18-29/h3-5,10,13-15,20,30H,6-9,11-12,16-18H2,1-2H3. The number of nitrogens with zero attached hydrogens (tertiary/aromatic N) is 6. The van der Waals surface area contributed by atoms with Crippen LogP contribution < -0.4 is 5.32 Å². The van der Waals surface area contributed by atoms with E-state index in [1.165, 1.54) is 38.0 Å². The largest absolute Gasteiger partial charge is 0.338 e. The molecule has 8 heteroatoms. The summed E-state index contributed by atoms with van der Waals surface area (Å²) in [6.07, 6.45) is 10.8. The fourth-order valence-corrected chi connectivity index (χ4v) is 6.68. The monoisotopic (exact) mass is 495 g/mol. The Morgan fingerprint density at radius 2 is 2.08 bits per heavy atom. The number of aryl methyl sites for hydroxylation is 2. The van der Waals surface area contributed by atoms with Crippen molar-refractivity contribution < 1.29 is 4.79 Å². The first-order valence-corrected chi connectivity index (χ1v) is 13.4. The summed E-state index contributed by atoms with van der Waals surface area (Å²) < 4.78 is 4.05. The smallest absolute Gasteiger partial charge is 0.219 e. The lowest BCUT2D eigenvalue weighted by Crippen LogP contribution is -2.60. The van der Waals surface area contributed by atoms with Gasteiger partial charge in [-0.2, -0.15) is 10.2 Å². The van der Waals surface area contributed by atoms with Crippen LogP contribution >= 0.6 is 0 Å². The molecule has 8 nitrogen and oxygen atoms in total. The lowest BCUT2D eigenvalue weighted by Gasteiger charge is -2.54. The van der Waals surface area contributed by atoms with E-state index in [1.807, 2.05) is 29.0 Å². The highest BCUT2D eigenvalue weighted by molar-refractivity contribution is 5.97. The zero-order chi connectivity index (χ0) is 25.1. The molecule has 37 heavy (non-hydrogen) atoms.